The van der Waals surface area contributed by atoms with Crippen molar-refractivity contribution in [2.75, 3.05) is 23.3 Å². The highest BCUT2D eigenvalue weighted by Crippen LogP contribution is 2.33. The van der Waals surface area contributed by atoms with Crippen LogP contribution in [-0.2, 0) is 6.42 Å². The summed E-state index contributed by atoms with van der Waals surface area (Å²) in [7, 11) is 0. The van der Waals surface area contributed by atoms with Gasteiger partial charge in [0.25, 0.3) is 0 Å². The predicted molar refractivity (Wildman–Crippen MR) is 85.5 cm³/mol. The molecule has 4 nitrogen and oxygen atoms in total. The number of anilines is 2. The minimum atomic E-state index is 0.475. The maximum atomic E-state index is 4.81. The van der Waals surface area contributed by atoms with Crippen LogP contribution in [0.15, 0.2) is 0 Å². The van der Waals surface area contributed by atoms with E-state index in [1.807, 2.05) is 0 Å². The van der Waals surface area contributed by atoms with Crippen LogP contribution < -0.4 is 10.2 Å². The molecule has 0 aromatic carbocycles. The van der Waals surface area contributed by atoms with Gasteiger partial charge in [-0.3, -0.25) is 0 Å². The van der Waals surface area contributed by atoms with Crippen LogP contribution in [-0.4, -0.2) is 29.1 Å². The molecule has 1 saturated carbocycles. The van der Waals surface area contributed by atoms with E-state index >= 15 is 0 Å². The first-order chi connectivity index (χ1) is 9.56. The highest BCUT2D eigenvalue weighted by molar-refractivity contribution is 5.59. The van der Waals surface area contributed by atoms with Crippen molar-refractivity contribution in [2.45, 2.75) is 59.9 Å². The lowest BCUT2D eigenvalue weighted by atomic mass is 10.2. The maximum Gasteiger partial charge on any atom is 0.137 e. The van der Waals surface area contributed by atoms with Crippen molar-refractivity contribution >= 4 is 11.6 Å². The first kappa shape index (κ1) is 15.1. The Kier molecular flexibility index (Phi) is 4.84. The Balaban J connectivity index is 2.37. The van der Waals surface area contributed by atoms with Crippen molar-refractivity contribution in [2.24, 2.45) is 5.92 Å². The molecule has 20 heavy (non-hydrogen) atoms. The van der Waals surface area contributed by atoms with Gasteiger partial charge in [0, 0.05) is 31.1 Å². The molecule has 0 saturated heterocycles. The Morgan fingerprint density at radius 1 is 1.25 bits per heavy atom. The molecule has 1 aliphatic carbocycles. The molecule has 0 atom stereocenters. The van der Waals surface area contributed by atoms with E-state index in [1.54, 1.807) is 0 Å². The maximum absolute atomic E-state index is 4.81. The summed E-state index contributed by atoms with van der Waals surface area (Å²) in [5, 5.41) is 3.38. The summed E-state index contributed by atoms with van der Waals surface area (Å²) in [4.78, 5) is 11.9. The van der Waals surface area contributed by atoms with Gasteiger partial charge in [0.2, 0.25) is 0 Å². The van der Waals surface area contributed by atoms with Crippen molar-refractivity contribution in [3.63, 3.8) is 0 Å². The van der Waals surface area contributed by atoms with Crippen LogP contribution in [0.1, 0.15) is 51.9 Å². The SMILES string of the molecule is CCNc1nc(CC)nc(N(CC2CC2)C(C)C)c1C. The van der Waals surface area contributed by atoms with Gasteiger partial charge in [-0.15, -0.1) is 0 Å². The molecule has 1 N–H and O–H groups in total. The van der Waals surface area contributed by atoms with Crippen LogP contribution in [0.25, 0.3) is 0 Å². The van der Waals surface area contributed by atoms with Crippen LogP contribution in [0.4, 0.5) is 11.6 Å². The molecule has 0 unspecified atom stereocenters. The summed E-state index contributed by atoms with van der Waals surface area (Å²) in [6.45, 7) is 12.9. The smallest absolute Gasteiger partial charge is 0.137 e. The standard InChI is InChI=1S/C16H28N4/c1-6-14-18-15(17-7-2)12(5)16(19-14)20(11(3)4)10-13-8-9-13/h11,13H,6-10H2,1-5H3,(H,17,18,19). The summed E-state index contributed by atoms with van der Waals surface area (Å²) in [5.41, 5.74) is 1.18. The average Bonchev–Trinajstić information content (AvgIpc) is 3.22. The second-order valence-corrected chi connectivity index (χ2v) is 6.01. The molecule has 1 aromatic rings. The quantitative estimate of drug-likeness (QED) is 0.828. The Hall–Kier alpha value is -1.32. The fourth-order valence-corrected chi connectivity index (χ4v) is 2.45. The van der Waals surface area contributed by atoms with E-state index < -0.39 is 0 Å². The molecule has 0 aliphatic heterocycles. The van der Waals surface area contributed by atoms with Gasteiger partial charge in [-0.2, -0.15) is 0 Å². The molecule has 0 amide bonds. The van der Waals surface area contributed by atoms with Crippen molar-refractivity contribution in [1.82, 2.24) is 9.97 Å². The number of nitrogens with zero attached hydrogens (tertiary/aromatic N) is 3. The largest absolute Gasteiger partial charge is 0.370 e. The lowest BCUT2D eigenvalue weighted by molar-refractivity contribution is 0.631. The summed E-state index contributed by atoms with van der Waals surface area (Å²) >= 11 is 0. The summed E-state index contributed by atoms with van der Waals surface area (Å²) in [5.74, 6) is 3.91. The third kappa shape index (κ3) is 3.41. The second kappa shape index (κ2) is 6.42. The van der Waals surface area contributed by atoms with Crippen LogP contribution >= 0.6 is 0 Å². The third-order valence-corrected chi connectivity index (χ3v) is 3.87. The number of hydrogen-bond acceptors (Lipinski definition) is 4. The average molecular weight is 276 g/mol. The van der Waals surface area contributed by atoms with Gasteiger partial charge < -0.3 is 10.2 Å². The van der Waals surface area contributed by atoms with Crippen molar-refractivity contribution in [1.29, 1.82) is 0 Å². The molecule has 1 aliphatic rings. The molecule has 112 valence electrons. The van der Waals surface area contributed by atoms with E-state index in [1.165, 1.54) is 18.4 Å². The molecule has 0 spiro atoms. The highest BCUT2D eigenvalue weighted by Gasteiger charge is 2.27. The zero-order valence-corrected chi connectivity index (χ0v) is 13.5. The normalized spacial score (nSPS) is 14.7. The molecule has 2 rings (SSSR count). The van der Waals surface area contributed by atoms with E-state index in [2.05, 4.69) is 49.8 Å². The number of hydrogen-bond donors (Lipinski definition) is 1. The second-order valence-electron chi connectivity index (χ2n) is 6.01. The molecule has 0 radical (unpaired) electrons. The van der Waals surface area contributed by atoms with Gasteiger partial charge in [0.15, 0.2) is 0 Å². The van der Waals surface area contributed by atoms with Crippen LogP contribution in [0, 0.1) is 12.8 Å². The van der Waals surface area contributed by atoms with Crippen LogP contribution in [0.2, 0.25) is 0 Å². The Morgan fingerprint density at radius 2 is 1.95 bits per heavy atom. The molecule has 1 heterocycles. The third-order valence-electron chi connectivity index (χ3n) is 3.87. The first-order valence-corrected chi connectivity index (χ1v) is 7.94. The minimum Gasteiger partial charge on any atom is -0.370 e. The molecular weight excluding hydrogens is 248 g/mol. The summed E-state index contributed by atoms with van der Waals surface area (Å²) in [6.07, 6.45) is 3.61. The van der Waals surface area contributed by atoms with Gasteiger partial charge in [0.1, 0.15) is 17.5 Å². The fourth-order valence-electron chi connectivity index (χ4n) is 2.45. The Labute approximate surface area is 123 Å². The Bertz CT molecular complexity index is 452. The van der Waals surface area contributed by atoms with Crippen molar-refractivity contribution in [3.8, 4) is 0 Å². The fraction of sp³-hybridized carbons (Fsp3) is 0.750. The Morgan fingerprint density at radius 3 is 2.45 bits per heavy atom. The summed E-state index contributed by atoms with van der Waals surface area (Å²) in [6, 6.07) is 0.475. The zero-order chi connectivity index (χ0) is 14.7. The number of rotatable bonds is 7. The number of aryl methyl sites for hydroxylation is 1. The predicted octanol–water partition coefficient (Wildman–Crippen LogP) is 3.40. The van der Waals surface area contributed by atoms with Crippen LogP contribution in [0.3, 0.4) is 0 Å². The van der Waals surface area contributed by atoms with E-state index in [4.69, 9.17) is 4.98 Å². The van der Waals surface area contributed by atoms with Gasteiger partial charge in [0.05, 0.1) is 0 Å². The zero-order valence-electron chi connectivity index (χ0n) is 13.5. The first-order valence-electron chi connectivity index (χ1n) is 7.94. The monoisotopic (exact) mass is 276 g/mol. The van der Waals surface area contributed by atoms with E-state index in [-0.39, 0.29) is 0 Å². The van der Waals surface area contributed by atoms with Gasteiger partial charge in [-0.25, -0.2) is 9.97 Å². The lowest BCUT2D eigenvalue weighted by Gasteiger charge is -2.30. The molecule has 0 bridgehead atoms. The van der Waals surface area contributed by atoms with E-state index in [0.29, 0.717) is 6.04 Å². The lowest BCUT2D eigenvalue weighted by Crippen LogP contribution is -2.34. The molecule has 4 heteroatoms. The molecule has 1 fully saturated rings. The van der Waals surface area contributed by atoms with Crippen molar-refractivity contribution < 1.29 is 0 Å². The van der Waals surface area contributed by atoms with Crippen molar-refractivity contribution in [3.05, 3.63) is 11.4 Å². The van der Waals surface area contributed by atoms with E-state index in [0.717, 1.165) is 42.9 Å². The topological polar surface area (TPSA) is 41.1 Å². The molecule has 1 aromatic heterocycles. The van der Waals surface area contributed by atoms with E-state index in [9.17, 15) is 0 Å². The summed E-state index contributed by atoms with van der Waals surface area (Å²) < 4.78 is 0. The molecular formula is C16H28N4. The van der Waals surface area contributed by atoms with Gasteiger partial charge in [-0.1, -0.05) is 6.92 Å². The highest BCUT2D eigenvalue weighted by atomic mass is 15.2. The van der Waals surface area contributed by atoms with Gasteiger partial charge >= 0.3 is 0 Å². The van der Waals surface area contributed by atoms with Crippen LogP contribution in [0.5, 0.6) is 0 Å². The number of aromatic nitrogens is 2. The van der Waals surface area contributed by atoms with Gasteiger partial charge in [-0.05, 0) is 46.5 Å². The minimum absolute atomic E-state index is 0.475. The number of nitrogens with one attached hydrogen (secondary N) is 1.